The quantitative estimate of drug-likeness (QED) is 0.709. The van der Waals surface area contributed by atoms with Gasteiger partial charge in [-0.2, -0.15) is 0 Å². The van der Waals surface area contributed by atoms with Gasteiger partial charge in [-0.25, -0.2) is 0 Å². The van der Waals surface area contributed by atoms with E-state index in [1.807, 2.05) is 0 Å². The van der Waals surface area contributed by atoms with Gasteiger partial charge in [-0.3, -0.25) is 9.69 Å². The molecule has 0 radical (unpaired) electrons. The van der Waals surface area contributed by atoms with Gasteiger partial charge in [-0.1, -0.05) is 6.08 Å². The van der Waals surface area contributed by atoms with Crippen LogP contribution in [0.25, 0.3) is 0 Å². The van der Waals surface area contributed by atoms with E-state index in [4.69, 9.17) is 0 Å². The lowest BCUT2D eigenvalue weighted by Crippen LogP contribution is -2.46. The lowest BCUT2D eigenvalue weighted by molar-refractivity contribution is -0.122. The van der Waals surface area contributed by atoms with Gasteiger partial charge >= 0.3 is 0 Å². The molecule has 0 aliphatic carbocycles. The zero-order valence-corrected chi connectivity index (χ0v) is 11.2. The Morgan fingerprint density at radius 3 is 3.06 bits per heavy atom. The van der Waals surface area contributed by atoms with Crippen LogP contribution < -0.4 is 10.6 Å². The van der Waals surface area contributed by atoms with Crippen LogP contribution >= 0.6 is 0 Å². The molecule has 2 saturated heterocycles. The Labute approximate surface area is 110 Å². The molecule has 2 rings (SSSR count). The predicted molar refractivity (Wildman–Crippen MR) is 73.4 cm³/mol. The number of rotatable bonds is 5. The molecule has 2 atom stereocenters. The van der Waals surface area contributed by atoms with Crippen LogP contribution in [0.1, 0.15) is 25.7 Å². The van der Waals surface area contributed by atoms with Crippen molar-refractivity contribution in [2.45, 2.75) is 31.7 Å². The Hall–Kier alpha value is -0.870. The van der Waals surface area contributed by atoms with Crippen molar-refractivity contribution in [3.05, 3.63) is 12.7 Å². The van der Waals surface area contributed by atoms with Crippen molar-refractivity contribution >= 4 is 5.91 Å². The van der Waals surface area contributed by atoms with E-state index < -0.39 is 0 Å². The summed E-state index contributed by atoms with van der Waals surface area (Å²) in [6.45, 7) is 8.01. The standard InChI is InChI=1S/C14H25N3O/c1-2-7-16-14(18)11-17-9-4-5-12(10-17)13-6-3-8-15-13/h2,12-13,15H,1,3-11H2,(H,16,18). The van der Waals surface area contributed by atoms with Crippen molar-refractivity contribution in [2.24, 2.45) is 5.92 Å². The smallest absolute Gasteiger partial charge is 0.234 e. The molecule has 4 heteroatoms. The summed E-state index contributed by atoms with van der Waals surface area (Å²) in [5.74, 6) is 0.850. The van der Waals surface area contributed by atoms with Gasteiger partial charge in [0.25, 0.3) is 0 Å². The Kier molecular flexibility index (Phi) is 5.20. The van der Waals surface area contributed by atoms with Gasteiger partial charge in [0.05, 0.1) is 6.54 Å². The number of nitrogens with one attached hydrogen (secondary N) is 2. The molecule has 4 nitrogen and oxygen atoms in total. The molecule has 2 heterocycles. The van der Waals surface area contributed by atoms with Gasteiger partial charge in [0.15, 0.2) is 0 Å². The number of likely N-dealkylation sites (tertiary alicyclic amines) is 1. The fourth-order valence-corrected chi connectivity index (χ4v) is 3.12. The molecule has 0 aromatic carbocycles. The van der Waals surface area contributed by atoms with E-state index >= 15 is 0 Å². The van der Waals surface area contributed by atoms with Crippen LogP contribution in [-0.4, -0.2) is 49.6 Å². The second-order valence-electron chi connectivity index (χ2n) is 5.43. The maximum absolute atomic E-state index is 11.7. The lowest BCUT2D eigenvalue weighted by atomic mass is 9.90. The van der Waals surface area contributed by atoms with E-state index in [1.54, 1.807) is 6.08 Å². The average molecular weight is 251 g/mol. The third kappa shape index (κ3) is 3.82. The van der Waals surface area contributed by atoms with Crippen LogP contribution in [-0.2, 0) is 4.79 Å². The largest absolute Gasteiger partial charge is 0.352 e. The Balaban J connectivity index is 1.75. The molecule has 102 valence electrons. The molecule has 0 saturated carbocycles. The van der Waals surface area contributed by atoms with Crippen molar-refractivity contribution in [1.29, 1.82) is 0 Å². The molecule has 2 N–H and O–H groups in total. The third-order valence-electron chi connectivity index (χ3n) is 4.02. The van der Waals surface area contributed by atoms with Gasteiger partial charge < -0.3 is 10.6 Å². The highest BCUT2D eigenvalue weighted by Gasteiger charge is 2.29. The van der Waals surface area contributed by atoms with E-state index in [-0.39, 0.29) is 5.91 Å². The highest BCUT2D eigenvalue weighted by Crippen LogP contribution is 2.24. The minimum absolute atomic E-state index is 0.120. The number of piperidine rings is 1. The fourth-order valence-electron chi connectivity index (χ4n) is 3.12. The van der Waals surface area contributed by atoms with Crippen molar-refractivity contribution in [3.8, 4) is 0 Å². The average Bonchev–Trinajstić information content (AvgIpc) is 2.90. The zero-order valence-electron chi connectivity index (χ0n) is 11.2. The maximum Gasteiger partial charge on any atom is 0.234 e. The van der Waals surface area contributed by atoms with Crippen molar-refractivity contribution < 1.29 is 4.79 Å². The Bertz CT molecular complexity index is 287. The summed E-state index contributed by atoms with van der Waals surface area (Å²) in [6.07, 6.45) is 6.86. The first kappa shape index (κ1) is 13.6. The van der Waals surface area contributed by atoms with E-state index in [9.17, 15) is 4.79 Å². The van der Waals surface area contributed by atoms with Crippen molar-refractivity contribution in [1.82, 2.24) is 15.5 Å². The summed E-state index contributed by atoms with van der Waals surface area (Å²) >= 11 is 0. The Morgan fingerprint density at radius 2 is 2.33 bits per heavy atom. The minimum Gasteiger partial charge on any atom is -0.352 e. The normalized spacial score (nSPS) is 29.1. The predicted octanol–water partition coefficient (Wildman–Crippen LogP) is 0.753. The number of hydrogen-bond acceptors (Lipinski definition) is 3. The number of carbonyl (C=O) groups excluding carboxylic acids is 1. The maximum atomic E-state index is 11.7. The fraction of sp³-hybridized carbons (Fsp3) is 0.786. The van der Waals surface area contributed by atoms with E-state index in [0.29, 0.717) is 19.1 Å². The summed E-state index contributed by atoms with van der Waals surface area (Å²) in [6, 6.07) is 0.684. The molecular weight excluding hydrogens is 226 g/mol. The molecular formula is C14H25N3O. The van der Waals surface area contributed by atoms with Crippen molar-refractivity contribution in [2.75, 3.05) is 32.7 Å². The number of nitrogens with zero attached hydrogens (tertiary/aromatic N) is 1. The van der Waals surface area contributed by atoms with Gasteiger partial charge in [0.1, 0.15) is 0 Å². The summed E-state index contributed by atoms with van der Waals surface area (Å²) in [5.41, 5.74) is 0. The van der Waals surface area contributed by atoms with Crippen LogP contribution in [0.3, 0.4) is 0 Å². The van der Waals surface area contributed by atoms with Gasteiger partial charge in [0.2, 0.25) is 5.91 Å². The third-order valence-corrected chi connectivity index (χ3v) is 4.02. The first-order valence-corrected chi connectivity index (χ1v) is 7.13. The molecule has 0 aromatic heterocycles. The molecule has 0 aromatic rings. The number of amides is 1. The second kappa shape index (κ2) is 6.90. The first-order valence-electron chi connectivity index (χ1n) is 7.13. The molecule has 2 fully saturated rings. The minimum atomic E-state index is 0.120. The Morgan fingerprint density at radius 1 is 1.44 bits per heavy atom. The van der Waals surface area contributed by atoms with Crippen LogP contribution in [0, 0.1) is 5.92 Å². The van der Waals surface area contributed by atoms with Crippen LogP contribution in [0.15, 0.2) is 12.7 Å². The topological polar surface area (TPSA) is 44.4 Å². The van der Waals surface area contributed by atoms with Crippen molar-refractivity contribution in [3.63, 3.8) is 0 Å². The monoisotopic (exact) mass is 251 g/mol. The van der Waals surface area contributed by atoms with E-state index in [1.165, 1.54) is 32.2 Å². The molecule has 2 aliphatic rings. The van der Waals surface area contributed by atoms with Crippen LogP contribution in [0.4, 0.5) is 0 Å². The summed E-state index contributed by atoms with van der Waals surface area (Å²) < 4.78 is 0. The molecule has 0 spiro atoms. The molecule has 2 aliphatic heterocycles. The number of carbonyl (C=O) groups is 1. The molecule has 0 bridgehead atoms. The first-order chi connectivity index (χ1) is 8.79. The van der Waals surface area contributed by atoms with E-state index in [0.717, 1.165) is 19.0 Å². The van der Waals surface area contributed by atoms with Crippen LogP contribution in [0.5, 0.6) is 0 Å². The molecule has 2 unspecified atom stereocenters. The van der Waals surface area contributed by atoms with Gasteiger partial charge in [-0.15, -0.1) is 6.58 Å². The van der Waals surface area contributed by atoms with E-state index in [2.05, 4.69) is 22.1 Å². The summed E-state index contributed by atoms with van der Waals surface area (Å²) in [5, 5.41) is 6.44. The molecule has 18 heavy (non-hydrogen) atoms. The lowest BCUT2D eigenvalue weighted by Gasteiger charge is -2.35. The second-order valence-corrected chi connectivity index (χ2v) is 5.43. The van der Waals surface area contributed by atoms with Crippen LogP contribution in [0.2, 0.25) is 0 Å². The van der Waals surface area contributed by atoms with Gasteiger partial charge in [-0.05, 0) is 44.7 Å². The summed E-state index contributed by atoms with van der Waals surface area (Å²) in [7, 11) is 0. The highest BCUT2D eigenvalue weighted by molar-refractivity contribution is 5.78. The zero-order chi connectivity index (χ0) is 12.8. The summed E-state index contributed by atoms with van der Waals surface area (Å²) in [4.78, 5) is 14.0. The number of hydrogen-bond donors (Lipinski definition) is 2. The van der Waals surface area contributed by atoms with Gasteiger partial charge in [0, 0.05) is 19.1 Å². The molecule has 1 amide bonds. The highest BCUT2D eigenvalue weighted by atomic mass is 16.2. The SMILES string of the molecule is C=CCNC(=O)CN1CCCC(C2CCCN2)C1.